The highest BCUT2D eigenvalue weighted by Crippen LogP contribution is 2.24. The lowest BCUT2D eigenvalue weighted by Gasteiger charge is -2.35. The molecule has 130 valence electrons. The molecule has 1 fully saturated rings. The lowest BCUT2D eigenvalue weighted by Crippen LogP contribution is -2.57. The second-order valence-electron chi connectivity index (χ2n) is 5.67. The number of carbonyl (C=O) groups excluding carboxylic acids is 1. The fourth-order valence-corrected chi connectivity index (χ4v) is 2.60. The topological polar surface area (TPSA) is 62.2 Å². The number of amides is 1. The van der Waals surface area contributed by atoms with Crippen molar-refractivity contribution in [2.45, 2.75) is 25.1 Å². The Morgan fingerprint density at radius 3 is 2.70 bits per heavy atom. The van der Waals surface area contributed by atoms with Gasteiger partial charge in [-0.05, 0) is 12.0 Å². The van der Waals surface area contributed by atoms with E-state index in [1.807, 2.05) is 0 Å². The first-order valence-corrected chi connectivity index (χ1v) is 7.62. The van der Waals surface area contributed by atoms with E-state index in [-0.39, 0.29) is 12.3 Å². The molecule has 0 aliphatic carbocycles. The summed E-state index contributed by atoms with van der Waals surface area (Å²) in [4.78, 5) is 13.2. The van der Waals surface area contributed by atoms with Crippen LogP contribution in [0.1, 0.15) is 12.0 Å². The average Bonchev–Trinajstić information content (AvgIpc) is 2.91. The van der Waals surface area contributed by atoms with Gasteiger partial charge in [-0.15, -0.1) is 0 Å². The number of carbonyl (C=O) groups is 1. The molecular formula is C14H22F3N5O. The van der Waals surface area contributed by atoms with Crippen molar-refractivity contribution in [3.05, 3.63) is 18.0 Å². The number of aryl methyl sites for hydroxylation is 2. The molecule has 6 nitrogen and oxygen atoms in total. The molecule has 1 aliphatic rings. The van der Waals surface area contributed by atoms with Crippen LogP contribution in [-0.2, 0) is 18.3 Å². The Hall–Kier alpha value is -1.61. The van der Waals surface area contributed by atoms with E-state index in [2.05, 4.69) is 15.7 Å². The third kappa shape index (κ3) is 5.51. The van der Waals surface area contributed by atoms with Gasteiger partial charge in [0, 0.05) is 52.4 Å². The van der Waals surface area contributed by atoms with Crippen molar-refractivity contribution >= 4 is 5.91 Å². The Morgan fingerprint density at radius 2 is 2.13 bits per heavy atom. The normalized spacial score (nSPS) is 17.9. The minimum atomic E-state index is -4.35. The predicted molar refractivity (Wildman–Crippen MR) is 78.8 cm³/mol. The molecule has 1 saturated heterocycles. The van der Waals surface area contributed by atoms with Gasteiger partial charge in [0.25, 0.3) is 0 Å². The van der Waals surface area contributed by atoms with Gasteiger partial charge in [0.1, 0.15) is 6.04 Å². The fraction of sp³-hybridized carbons (Fsp3) is 0.714. The SMILES string of the molecule is Cn1cc(CCC(=O)NCC(N2CCNCC2)C(F)(F)F)cn1. The van der Waals surface area contributed by atoms with Crippen LogP contribution in [0, 0.1) is 0 Å². The molecule has 1 atom stereocenters. The van der Waals surface area contributed by atoms with Crippen LogP contribution in [0.5, 0.6) is 0 Å². The molecule has 1 aromatic heterocycles. The second-order valence-corrected chi connectivity index (χ2v) is 5.67. The van der Waals surface area contributed by atoms with Gasteiger partial charge < -0.3 is 10.6 Å². The molecule has 0 radical (unpaired) electrons. The molecule has 1 unspecified atom stereocenters. The second kappa shape index (κ2) is 7.78. The van der Waals surface area contributed by atoms with Gasteiger partial charge in [-0.25, -0.2) is 0 Å². The van der Waals surface area contributed by atoms with Gasteiger partial charge in [-0.2, -0.15) is 18.3 Å². The lowest BCUT2D eigenvalue weighted by atomic mass is 10.1. The Labute approximate surface area is 133 Å². The first-order chi connectivity index (χ1) is 10.9. The van der Waals surface area contributed by atoms with E-state index < -0.39 is 18.8 Å². The van der Waals surface area contributed by atoms with Crippen LogP contribution in [0.4, 0.5) is 13.2 Å². The van der Waals surface area contributed by atoms with Crippen molar-refractivity contribution < 1.29 is 18.0 Å². The molecule has 2 heterocycles. The van der Waals surface area contributed by atoms with Gasteiger partial charge in [0.15, 0.2) is 0 Å². The largest absolute Gasteiger partial charge is 0.405 e. The van der Waals surface area contributed by atoms with Crippen LogP contribution in [0.3, 0.4) is 0 Å². The number of halogens is 3. The van der Waals surface area contributed by atoms with Crippen LogP contribution < -0.4 is 10.6 Å². The average molecular weight is 333 g/mol. The van der Waals surface area contributed by atoms with Crippen LogP contribution in [0.25, 0.3) is 0 Å². The molecular weight excluding hydrogens is 311 g/mol. The molecule has 9 heteroatoms. The first-order valence-electron chi connectivity index (χ1n) is 7.62. The Kier molecular flexibility index (Phi) is 6.00. The summed E-state index contributed by atoms with van der Waals surface area (Å²) in [6, 6.07) is -1.63. The number of hydrogen-bond acceptors (Lipinski definition) is 4. The molecule has 0 aromatic carbocycles. The first kappa shape index (κ1) is 17.7. The Balaban J connectivity index is 1.81. The maximum Gasteiger partial charge on any atom is 0.405 e. The van der Waals surface area contributed by atoms with E-state index in [0.29, 0.717) is 32.6 Å². The van der Waals surface area contributed by atoms with E-state index in [9.17, 15) is 18.0 Å². The Morgan fingerprint density at radius 1 is 1.43 bits per heavy atom. The van der Waals surface area contributed by atoms with Crippen LogP contribution in [0.2, 0.25) is 0 Å². The number of nitrogens with zero attached hydrogens (tertiary/aromatic N) is 3. The van der Waals surface area contributed by atoms with E-state index in [1.54, 1.807) is 24.1 Å². The van der Waals surface area contributed by atoms with E-state index >= 15 is 0 Å². The molecule has 1 amide bonds. The monoisotopic (exact) mass is 333 g/mol. The smallest absolute Gasteiger partial charge is 0.354 e. The van der Waals surface area contributed by atoms with E-state index in [1.165, 1.54) is 4.90 Å². The van der Waals surface area contributed by atoms with Gasteiger partial charge in [0.2, 0.25) is 5.91 Å². The molecule has 1 aliphatic heterocycles. The van der Waals surface area contributed by atoms with Gasteiger partial charge >= 0.3 is 6.18 Å². The third-order valence-electron chi connectivity index (χ3n) is 3.86. The summed E-state index contributed by atoms with van der Waals surface area (Å²) in [6.45, 7) is 1.31. The molecule has 1 aromatic rings. The van der Waals surface area contributed by atoms with E-state index in [0.717, 1.165) is 5.56 Å². The summed E-state index contributed by atoms with van der Waals surface area (Å²) in [7, 11) is 1.77. The molecule has 2 rings (SSSR count). The minimum Gasteiger partial charge on any atom is -0.354 e. The summed E-state index contributed by atoms with van der Waals surface area (Å²) in [5.74, 6) is -0.377. The third-order valence-corrected chi connectivity index (χ3v) is 3.86. The van der Waals surface area contributed by atoms with E-state index in [4.69, 9.17) is 0 Å². The zero-order valence-electron chi connectivity index (χ0n) is 13.1. The number of rotatable bonds is 6. The van der Waals surface area contributed by atoms with Crippen molar-refractivity contribution in [2.24, 2.45) is 7.05 Å². The van der Waals surface area contributed by atoms with Crippen molar-refractivity contribution in [3.8, 4) is 0 Å². The summed E-state index contributed by atoms with van der Waals surface area (Å²) >= 11 is 0. The highest BCUT2D eigenvalue weighted by atomic mass is 19.4. The van der Waals surface area contributed by atoms with Crippen molar-refractivity contribution in [2.75, 3.05) is 32.7 Å². The summed E-state index contributed by atoms with van der Waals surface area (Å²) in [5, 5.41) is 9.42. The number of hydrogen-bond donors (Lipinski definition) is 2. The van der Waals surface area contributed by atoms with Crippen LogP contribution in [-0.4, -0.2) is 65.5 Å². The lowest BCUT2D eigenvalue weighted by molar-refractivity contribution is -0.184. The standard InChI is InChI=1S/C14H22F3N5O/c1-21-10-11(8-20-21)2-3-13(23)19-9-12(14(15,16)17)22-6-4-18-5-7-22/h8,10,12,18H,2-7,9H2,1H3,(H,19,23). The maximum atomic E-state index is 13.2. The van der Waals surface area contributed by atoms with Gasteiger partial charge in [0.05, 0.1) is 6.20 Å². The van der Waals surface area contributed by atoms with Crippen LogP contribution >= 0.6 is 0 Å². The summed E-state index contributed by atoms with van der Waals surface area (Å²) in [5.41, 5.74) is 0.886. The van der Waals surface area contributed by atoms with Gasteiger partial charge in [-0.1, -0.05) is 0 Å². The zero-order chi connectivity index (χ0) is 16.9. The summed E-state index contributed by atoms with van der Waals surface area (Å²) < 4.78 is 41.2. The quantitative estimate of drug-likeness (QED) is 0.786. The number of alkyl halides is 3. The molecule has 2 N–H and O–H groups in total. The zero-order valence-corrected chi connectivity index (χ0v) is 13.1. The highest BCUT2D eigenvalue weighted by Gasteiger charge is 2.43. The predicted octanol–water partition coefficient (Wildman–Crippen LogP) is 0.305. The highest BCUT2D eigenvalue weighted by molar-refractivity contribution is 5.76. The van der Waals surface area contributed by atoms with Crippen molar-refractivity contribution in [1.29, 1.82) is 0 Å². The van der Waals surface area contributed by atoms with Gasteiger partial charge in [-0.3, -0.25) is 14.4 Å². The molecule has 23 heavy (non-hydrogen) atoms. The van der Waals surface area contributed by atoms with Crippen molar-refractivity contribution in [1.82, 2.24) is 25.3 Å². The fourth-order valence-electron chi connectivity index (χ4n) is 2.60. The molecule has 0 bridgehead atoms. The van der Waals surface area contributed by atoms with Crippen LogP contribution in [0.15, 0.2) is 12.4 Å². The minimum absolute atomic E-state index is 0.151. The Bertz CT molecular complexity index is 511. The maximum absolute atomic E-state index is 13.2. The number of nitrogens with one attached hydrogen (secondary N) is 2. The molecule has 0 spiro atoms. The summed E-state index contributed by atoms with van der Waals surface area (Å²) in [6.07, 6.45) is -0.311. The molecule has 0 saturated carbocycles. The van der Waals surface area contributed by atoms with Crippen molar-refractivity contribution in [3.63, 3.8) is 0 Å². The number of aromatic nitrogens is 2. The number of piperazine rings is 1.